The van der Waals surface area contributed by atoms with Gasteiger partial charge in [-0.15, -0.1) is 0 Å². The maximum absolute atomic E-state index is 12.2. The third kappa shape index (κ3) is 8.35. The van der Waals surface area contributed by atoms with Gasteiger partial charge in [0.15, 0.2) is 0 Å². The van der Waals surface area contributed by atoms with Crippen LogP contribution in [0.1, 0.15) is 44.2 Å². The summed E-state index contributed by atoms with van der Waals surface area (Å²) in [5.74, 6) is 0.0232. The van der Waals surface area contributed by atoms with Gasteiger partial charge in [-0.2, -0.15) is 0 Å². The molecule has 0 bridgehead atoms. The summed E-state index contributed by atoms with van der Waals surface area (Å²) in [4.78, 5) is 26.5. The molecular formula is C26H34N2O4. The molecule has 0 aliphatic carbocycles. The summed E-state index contributed by atoms with van der Waals surface area (Å²) in [6.45, 7) is 6.91. The number of rotatable bonds is 9. The smallest absolute Gasteiger partial charge is 0.408 e. The number of nitrogens with one attached hydrogen (secondary N) is 1. The van der Waals surface area contributed by atoms with Crippen LogP contribution in [0.3, 0.4) is 0 Å². The first-order valence-electron chi connectivity index (χ1n) is 11.3. The Labute approximate surface area is 190 Å². The molecule has 0 atom stereocenters. The van der Waals surface area contributed by atoms with Crippen molar-refractivity contribution in [3.63, 3.8) is 0 Å². The lowest BCUT2D eigenvalue weighted by molar-refractivity contribution is -0.143. The zero-order chi connectivity index (χ0) is 22.8. The van der Waals surface area contributed by atoms with Gasteiger partial charge in [0.25, 0.3) is 0 Å². The van der Waals surface area contributed by atoms with Crippen LogP contribution in [0.5, 0.6) is 0 Å². The third-order valence-electron chi connectivity index (χ3n) is 5.73. The van der Waals surface area contributed by atoms with Crippen LogP contribution in [0.2, 0.25) is 0 Å². The van der Waals surface area contributed by atoms with Gasteiger partial charge in [0, 0.05) is 6.54 Å². The first-order chi connectivity index (χ1) is 15.4. The average molecular weight is 439 g/mol. The fourth-order valence-corrected chi connectivity index (χ4v) is 4.15. The molecule has 1 aliphatic heterocycles. The lowest BCUT2D eigenvalue weighted by atomic mass is 9.86. The highest BCUT2D eigenvalue weighted by Gasteiger charge is 2.30. The summed E-state index contributed by atoms with van der Waals surface area (Å²) in [6.07, 6.45) is 2.39. The number of ether oxygens (including phenoxy) is 2. The summed E-state index contributed by atoms with van der Waals surface area (Å²) < 4.78 is 10.8. The van der Waals surface area contributed by atoms with Gasteiger partial charge in [-0.1, -0.05) is 60.7 Å². The number of benzene rings is 2. The molecule has 172 valence electrons. The van der Waals surface area contributed by atoms with Crippen molar-refractivity contribution in [3.05, 3.63) is 71.8 Å². The van der Waals surface area contributed by atoms with E-state index >= 15 is 0 Å². The summed E-state index contributed by atoms with van der Waals surface area (Å²) in [6, 6.07) is 20.0. The minimum absolute atomic E-state index is 0.185. The number of nitrogens with zero attached hydrogens (tertiary/aromatic N) is 1. The molecule has 0 saturated carbocycles. The van der Waals surface area contributed by atoms with Crippen molar-refractivity contribution in [2.45, 2.75) is 51.9 Å². The van der Waals surface area contributed by atoms with E-state index in [4.69, 9.17) is 9.47 Å². The highest BCUT2D eigenvalue weighted by atomic mass is 16.6. The van der Waals surface area contributed by atoms with Crippen molar-refractivity contribution in [1.29, 1.82) is 0 Å². The number of esters is 1. The number of alkyl carbamates (subject to hydrolysis) is 1. The standard InChI is InChI=1S/C26H34N2O4/c1-26(2,17-21-13-15-28(16-14-21)19-22-9-5-3-6-10-22)32-25(30)27-18-24(29)31-20-23-11-7-4-8-12-23/h3-12,21H,13-20H2,1-2H3,(H,27,30). The Morgan fingerprint density at radius 2 is 1.56 bits per heavy atom. The van der Waals surface area contributed by atoms with Crippen LogP contribution in [0.25, 0.3) is 0 Å². The van der Waals surface area contributed by atoms with Gasteiger partial charge in [-0.05, 0) is 63.2 Å². The van der Waals surface area contributed by atoms with Crippen LogP contribution in [-0.2, 0) is 27.4 Å². The molecule has 0 aromatic heterocycles. The first-order valence-corrected chi connectivity index (χ1v) is 11.3. The summed E-state index contributed by atoms with van der Waals surface area (Å²) in [7, 11) is 0. The normalized spacial score (nSPS) is 15.2. The first kappa shape index (κ1) is 23.8. The predicted molar refractivity (Wildman–Crippen MR) is 124 cm³/mol. The van der Waals surface area contributed by atoms with Crippen LogP contribution in [0.4, 0.5) is 4.79 Å². The molecule has 1 amide bonds. The Morgan fingerprint density at radius 3 is 2.19 bits per heavy atom. The van der Waals surface area contributed by atoms with Gasteiger partial charge in [-0.3, -0.25) is 9.69 Å². The van der Waals surface area contributed by atoms with E-state index in [2.05, 4.69) is 34.5 Å². The van der Waals surface area contributed by atoms with Crippen LogP contribution in [0.15, 0.2) is 60.7 Å². The molecule has 2 aromatic carbocycles. The van der Waals surface area contributed by atoms with E-state index in [1.807, 2.05) is 50.2 Å². The molecule has 1 aliphatic rings. The lowest BCUT2D eigenvalue weighted by Crippen LogP contribution is -2.40. The monoisotopic (exact) mass is 438 g/mol. The molecule has 1 saturated heterocycles. The van der Waals surface area contributed by atoms with Gasteiger partial charge < -0.3 is 14.8 Å². The lowest BCUT2D eigenvalue weighted by Gasteiger charge is -2.36. The predicted octanol–water partition coefficient (Wildman–Crippen LogP) is 4.54. The van der Waals surface area contributed by atoms with E-state index in [0.29, 0.717) is 5.92 Å². The minimum Gasteiger partial charge on any atom is -0.460 e. The number of likely N-dealkylation sites (tertiary alicyclic amines) is 1. The SMILES string of the molecule is CC(C)(CC1CCN(Cc2ccccc2)CC1)OC(=O)NCC(=O)OCc1ccccc1. The highest BCUT2D eigenvalue weighted by molar-refractivity contribution is 5.78. The molecule has 1 N–H and O–H groups in total. The number of hydrogen-bond donors (Lipinski definition) is 1. The topological polar surface area (TPSA) is 67.9 Å². The Bertz CT molecular complexity index is 847. The van der Waals surface area contributed by atoms with Gasteiger partial charge in [0.2, 0.25) is 0 Å². The Kier molecular flexibility index (Phi) is 8.68. The molecule has 32 heavy (non-hydrogen) atoms. The van der Waals surface area contributed by atoms with E-state index in [1.165, 1.54) is 5.56 Å². The van der Waals surface area contributed by atoms with E-state index in [-0.39, 0.29) is 13.2 Å². The highest BCUT2D eigenvalue weighted by Crippen LogP contribution is 2.29. The van der Waals surface area contributed by atoms with Crippen molar-refractivity contribution >= 4 is 12.1 Å². The van der Waals surface area contributed by atoms with Gasteiger partial charge in [-0.25, -0.2) is 4.79 Å². The third-order valence-corrected chi connectivity index (χ3v) is 5.73. The fraction of sp³-hybridized carbons (Fsp3) is 0.462. The van der Waals surface area contributed by atoms with Crippen molar-refractivity contribution in [1.82, 2.24) is 10.2 Å². The second-order valence-electron chi connectivity index (χ2n) is 9.06. The Morgan fingerprint density at radius 1 is 0.969 bits per heavy atom. The Hall–Kier alpha value is -2.86. The summed E-state index contributed by atoms with van der Waals surface area (Å²) in [5.41, 5.74) is 1.65. The van der Waals surface area contributed by atoms with Gasteiger partial charge in [0.05, 0.1) is 0 Å². The summed E-state index contributed by atoms with van der Waals surface area (Å²) >= 11 is 0. The number of piperidine rings is 1. The maximum Gasteiger partial charge on any atom is 0.408 e. The average Bonchev–Trinajstić information content (AvgIpc) is 2.78. The molecule has 6 nitrogen and oxygen atoms in total. The van der Waals surface area contributed by atoms with Crippen LogP contribution < -0.4 is 5.32 Å². The van der Waals surface area contributed by atoms with Crippen LogP contribution in [-0.4, -0.2) is 42.2 Å². The molecule has 1 fully saturated rings. The molecule has 0 unspecified atom stereocenters. The second-order valence-corrected chi connectivity index (χ2v) is 9.06. The molecule has 0 radical (unpaired) electrons. The van der Waals surface area contributed by atoms with E-state index in [9.17, 15) is 9.59 Å². The molecule has 3 rings (SSSR count). The number of carbonyl (C=O) groups excluding carboxylic acids is 2. The number of hydrogen-bond acceptors (Lipinski definition) is 5. The molecule has 1 heterocycles. The quantitative estimate of drug-likeness (QED) is 0.583. The van der Waals surface area contributed by atoms with Crippen molar-refractivity contribution in [2.24, 2.45) is 5.92 Å². The van der Waals surface area contributed by atoms with E-state index in [0.717, 1.165) is 44.5 Å². The molecular weight excluding hydrogens is 404 g/mol. The zero-order valence-electron chi connectivity index (χ0n) is 19.1. The van der Waals surface area contributed by atoms with E-state index < -0.39 is 17.7 Å². The fourth-order valence-electron chi connectivity index (χ4n) is 4.15. The Balaban J connectivity index is 1.32. The molecule has 0 spiro atoms. The second kappa shape index (κ2) is 11.7. The van der Waals surface area contributed by atoms with Crippen LogP contribution in [0, 0.1) is 5.92 Å². The van der Waals surface area contributed by atoms with Gasteiger partial charge >= 0.3 is 12.1 Å². The van der Waals surface area contributed by atoms with Crippen molar-refractivity contribution in [2.75, 3.05) is 19.6 Å². The number of carbonyl (C=O) groups is 2. The minimum atomic E-state index is -0.593. The van der Waals surface area contributed by atoms with Crippen molar-refractivity contribution < 1.29 is 19.1 Å². The van der Waals surface area contributed by atoms with Crippen LogP contribution >= 0.6 is 0 Å². The number of amides is 1. The molecule has 6 heteroatoms. The zero-order valence-corrected chi connectivity index (χ0v) is 19.1. The summed E-state index contributed by atoms with van der Waals surface area (Å²) in [5, 5.41) is 2.50. The maximum atomic E-state index is 12.2. The largest absolute Gasteiger partial charge is 0.460 e. The molecule has 2 aromatic rings. The van der Waals surface area contributed by atoms with E-state index in [1.54, 1.807) is 0 Å². The van der Waals surface area contributed by atoms with Gasteiger partial charge in [0.1, 0.15) is 18.8 Å². The van der Waals surface area contributed by atoms with Crippen molar-refractivity contribution in [3.8, 4) is 0 Å².